The molecule has 1 aliphatic carbocycles. The summed E-state index contributed by atoms with van der Waals surface area (Å²) >= 11 is 0. The summed E-state index contributed by atoms with van der Waals surface area (Å²) in [6.07, 6.45) is 5.77. The van der Waals surface area contributed by atoms with Crippen LogP contribution in [-0.4, -0.2) is 36.5 Å². The van der Waals surface area contributed by atoms with Crippen molar-refractivity contribution in [2.24, 2.45) is 11.3 Å². The Morgan fingerprint density at radius 1 is 1.37 bits per heavy atom. The van der Waals surface area contributed by atoms with Crippen molar-refractivity contribution < 1.29 is 4.79 Å². The molecular formula is C15H29ClN2O. The third kappa shape index (κ3) is 3.85. The first kappa shape index (κ1) is 16.8. The zero-order valence-corrected chi connectivity index (χ0v) is 13.4. The van der Waals surface area contributed by atoms with Crippen molar-refractivity contribution in [3.8, 4) is 0 Å². The van der Waals surface area contributed by atoms with Crippen molar-refractivity contribution >= 4 is 18.3 Å². The fraction of sp³-hybridized carbons (Fsp3) is 0.933. The molecule has 1 amide bonds. The maximum absolute atomic E-state index is 12.9. The van der Waals surface area contributed by atoms with Crippen LogP contribution >= 0.6 is 12.4 Å². The van der Waals surface area contributed by atoms with Gasteiger partial charge in [0, 0.05) is 31.1 Å². The molecular weight excluding hydrogens is 260 g/mol. The van der Waals surface area contributed by atoms with Gasteiger partial charge in [-0.3, -0.25) is 4.79 Å². The average Bonchev–Trinajstić information content (AvgIpc) is 2.77. The average molecular weight is 289 g/mol. The normalized spacial score (nSPS) is 26.3. The molecule has 112 valence electrons. The lowest BCUT2D eigenvalue weighted by atomic mass is 9.77. The van der Waals surface area contributed by atoms with E-state index in [-0.39, 0.29) is 17.8 Å². The van der Waals surface area contributed by atoms with E-state index in [4.69, 9.17) is 0 Å². The molecule has 1 N–H and O–H groups in total. The molecule has 1 atom stereocenters. The molecule has 1 heterocycles. The van der Waals surface area contributed by atoms with E-state index in [1.54, 1.807) is 0 Å². The zero-order valence-electron chi connectivity index (χ0n) is 12.6. The Balaban J connectivity index is 0.00000180. The number of carbonyl (C=O) groups excluding carboxylic acids is 1. The van der Waals surface area contributed by atoms with Crippen molar-refractivity contribution in [3.63, 3.8) is 0 Å². The van der Waals surface area contributed by atoms with Gasteiger partial charge in [0.05, 0.1) is 0 Å². The highest BCUT2D eigenvalue weighted by molar-refractivity contribution is 5.85. The van der Waals surface area contributed by atoms with Crippen LogP contribution in [-0.2, 0) is 4.79 Å². The minimum atomic E-state index is -0.0226. The highest BCUT2D eigenvalue weighted by Crippen LogP contribution is 2.44. The number of hydrogen-bond acceptors (Lipinski definition) is 2. The topological polar surface area (TPSA) is 32.3 Å². The van der Waals surface area contributed by atoms with Crippen molar-refractivity contribution in [3.05, 3.63) is 0 Å². The number of hydrogen-bond donors (Lipinski definition) is 1. The Labute approximate surface area is 123 Å². The number of piperazine rings is 1. The molecule has 0 radical (unpaired) electrons. The summed E-state index contributed by atoms with van der Waals surface area (Å²) in [5, 5.41) is 3.42. The SMILES string of the molecule is CC(C)CC1(C(=O)N2CCN[C@H](C)C2)CCCC1.Cl. The fourth-order valence-electron chi connectivity index (χ4n) is 3.79. The van der Waals surface area contributed by atoms with E-state index in [1.807, 2.05) is 0 Å². The van der Waals surface area contributed by atoms with Gasteiger partial charge >= 0.3 is 0 Å². The van der Waals surface area contributed by atoms with Crippen molar-refractivity contribution in [1.82, 2.24) is 10.2 Å². The van der Waals surface area contributed by atoms with Gasteiger partial charge in [-0.05, 0) is 32.1 Å². The molecule has 1 saturated carbocycles. The second-order valence-corrected chi connectivity index (χ2v) is 6.69. The quantitative estimate of drug-likeness (QED) is 0.866. The maximum Gasteiger partial charge on any atom is 0.228 e. The minimum absolute atomic E-state index is 0. The third-order valence-corrected chi connectivity index (χ3v) is 4.47. The summed E-state index contributed by atoms with van der Waals surface area (Å²) in [4.78, 5) is 15.0. The predicted molar refractivity (Wildman–Crippen MR) is 81.6 cm³/mol. The van der Waals surface area contributed by atoms with Gasteiger partial charge in [-0.15, -0.1) is 12.4 Å². The summed E-state index contributed by atoms with van der Waals surface area (Å²) in [5.41, 5.74) is -0.0226. The molecule has 0 spiro atoms. The Morgan fingerprint density at radius 3 is 2.53 bits per heavy atom. The first-order chi connectivity index (χ1) is 8.53. The molecule has 0 aromatic heterocycles. The standard InChI is InChI=1S/C15H28N2O.ClH/c1-12(2)10-15(6-4-5-7-15)14(18)17-9-8-16-13(3)11-17;/h12-13,16H,4-11H2,1-3H3;1H/t13-;/m1./s1. The Bertz CT molecular complexity index is 301. The molecule has 0 unspecified atom stereocenters. The van der Waals surface area contributed by atoms with Crippen LogP contribution in [0.2, 0.25) is 0 Å². The maximum atomic E-state index is 12.9. The number of nitrogens with one attached hydrogen (secondary N) is 1. The van der Waals surface area contributed by atoms with E-state index in [0.29, 0.717) is 17.9 Å². The summed E-state index contributed by atoms with van der Waals surface area (Å²) in [5.74, 6) is 1.06. The van der Waals surface area contributed by atoms with Crippen LogP contribution in [0.25, 0.3) is 0 Å². The first-order valence-electron chi connectivity index (χ1n) is 7.56. The highest BCUT2D eigenvalue weighted by Gasteiger charge is 2.44. The number of nitrogens with zero attached hydrogens (tertiary/aromatic N) is 1. The van der Waals surface area contributed by atoms with E-state index < -0.39 is 0 Å². The van der Waals surface area contributed by atoms with Crippen LogP contribution in [0.1, 0.15) is 52.9 Å². The molecule has 0 bridgehead atoms. The van der Waals surface area contributed by atoms with E-state index in [1.165, 1.54) is 12.8 Å². The summed E-state index contributed by atoms with van der Waals surface area (Å²) in [7, 11) is 0. The number of halogens is 1. The van der Waals surface area contributed by atoms with E-state index in [2.05, 4.69) is 31.0 Å². The Morgan fingerprint density at radius 2 is 2.00 bits per heavy atom. The highest BCUT2D eigenvalue weighted by atomic mass is 35.5. The summed E-state index contributed by atoms with van der Waals surface area (Å²) in [6.45, 7) is 9.39. The smallest absolute Gasteiger partial charge is 0.228 e. The minimum Gasteiger partial charge on any atom is -0.339 e. The molecule has 2 rings (SSSR count). The predicted octanol–water partition coefficient (Wildman–Crippen LogP) is 2.84. The Kier molecular flexibility index (Phi) is 6.13. The number of amides is 1. The summed E-state index contributed by atoms with van der Waals surface area (Å²) < 4.78 is 0. The molecule has 2 fully saturated rings. The number of rotatable bonds is 3. The van der Waals surface area contributed by atoms with Crippen LogP contribution in [0.4, 0.5) is 0 Å². The van der Waals surface area contributed by atoms with E-state index in [0.717, 1.165) is 38.9 Å². The van der Waals surface area contributed by atoms with Crippen molar-refractivity contribution in [2.45, 2.75) is 58.9 Å². The van der Waals surface area contributed by atoms with Crippen molar-refractivity contribution in [1.29, 1.82) is 0 Å². The monoisotopic (exact) mass is 288 g/mol. The fourth-order valence-corrected chi connectivity index (χ4v) is 3.79. The second kappa shape index (κ2) is 6.94. The molecule has 19 heavy (non-hydrogen) atoms. The van der Waals surface area contributed by atoms with Crippen LogP contribution in [0, 0.1) is 11.3 Å². The van der Waals surface area contributed by atoms with Gasteiger partial charge in [-0.2, -0.15) is 0 Å². The van der Waals surface area contributed by atoms with Gasteiger partial charge in [0.1, 0.15) is 0 Å². The van der Waals surface area contributed by atoms with E-state index in [9.17, 15) is 4.79 Å². The molecule has 0 aromatic carbocycles. The van der Waals surface area contributed by atoms with Gasteiger partial charge in [0.25, 0.3) is 0 Å². The van der Waals surface area contributed by atoms with Gasteiger partial charge in [-0.25, -0.2) is 0 Å². The first-order valence-corrected chi connectivity index (χ1v) is 7.56. The molecule has 1 aliphatic heterocycles. The van der Waals surface area contributed by atoms with Gasteiger partial charge < -0.3 is 10.2 Å². The largest absolute Gasteiger partial charge is 0.339 e. The van der Waals surface area contributed by atoms with Crippen LogP contribution in [0.5, 0.6) is 0 Å². The van der Waals surface area contributed by atoms with Crippen LogP contribution in [0.3, 0.4) is 0 Å². The zero-order chi connectivity index (χ0) is 13.2. The molecule has 4 heteroatoms. The number of carbonyl (C=O) groups is 1. The lowest BCUT2D eigenvalue weighted by Crippen LogP contribution is -2.55. The lowest BCUT2D eigenvalue weighted by Gasteiger charge is -2.39. The van der Waals surface area contributed by atoms with Crippen molar-refractivity contribution in [2.75, 3.05) is 19.6 Å². The van der Waals surface area contributed by atoms with Gasteiger partial charge in [0.2, 0.25) is 5.91 Å². The lowest BCUT2D eigenvalue weighted by molar-refractivity contribution is -0.144. The molecule has 3 nitrogen and oxygen atoms in total. The summed E-state index contributed by atoms with van der Waals surface area (Å²) in [6, 6.07) is 0.445. The van der Waals surface area contributed by atoms with Gasteiger partial charge in [0.15, 0.2) is 0 Å². The molecule has 0 aromatic rings. The molecule has 1 saturated heterocycles. The Hall–Kier alpha value is -0.280. The van der Waals surface area contributed by atoms with E-state index >= 15 is 0 Å². The second-order valence-electron chi connectivity index (χ2n) is 6.69. The molecule has 2 aliphatic rings. The van der Waals surface area contributed by atoms with Crippen LogP contribution in [0.15, 0.2) is 0 Å². The van der Waals surface area contributed by atoms with Gasteiger partial charge in [-0.1, -0.05) is 26.7 Å². The van der Waals surface area contributed by atoms with Crippen LogP contribution < -0.4 is 5.32 Å². The third-order valence-electron chi connectivity index (χ3n) is 4.47.